The molecule has 3 heteroatoms. The van der Waals surface area contributed by atoms with Gasteiger partial charge in [-0.3, -0.25) is 0 Å². The van der Waals surface area contributed by atoms with E-state index in [4.69, 9.17) is 10.5 Å². The smallest absolute Gasteiger partial charge is 0.128 e. The fourth-order valence-corrected chi connectivity index (χ4v) is 1.75. The third kappa shape index (κ3) is 2.74. The van der Waals surface area contributed by atoms with Gasteiger partial charge in [0.1, 0.15) is 17.1 Å². The van der Waals surface area contributed by atoms with E-state index >= 15 is 0 Å². The molecule has 0 saturated heterocycles. The highest BCUT2D eigenvalue weighted by atomic mass is 16.5. The Balaban J connectivity index is 2.20. The van der Waals surface area contributed by atoms with Crippen LogP contribution in [0.3, 0.4) is 0 Å². The molecule has 0 aliphatic heterocycles. The highest BCUT2D eigenvalue weighted by molar-refractivity contribution is 5.42. The average Bonchev–Trinajstić information content (AvgIpc) is 2.32. The summed E-state index contributed by atoms with van der Waals surface area (Å²) >= 11 is 0. The van der Waals surface area contributed by atoms with Crippen molar-refractivity contribution in [1.82, 2.24) is 0 Å². The van der Waals surface area contributed by atoms with Crippen LogP contribution in [0.4, 0.5) is 5.69 Å². The van der Waals surface area contributed by atoms with Gasteiger partial charge in [0.05, 0.1) is 0 Å². The van der Waals surface area contributed by atoms with E-state index in [1.54, 1.807) is 12.1 Å². The summed E-state index contributed by atoms with van der Waals surface area (Å²) < 4.78 is 5.95. The molecule has 2 aromatic rings. The molecule has 0 radical (unpaired) electrons. The second kappa shape index (κ2) is 4.61. The van der Waals surface area contributed by atoms with Crippen LogP contribution in [0, 0.1) is 0 Å². The van der Waals surface area contributed by atoms with Gasteiger partial charge in [0.15, 0.2) is 0 Å². The summed E-state index contributed by atoms with van der Waals surface area (Å²) in [6, 6.07) is 14.3. The maximum Gasteiger partial charge on any atom is 0.128 e. The van der Waals surface area contributed by atoms with Crippen molar-refractivity contribution in [3.05, 3.63) is 54.1 Å². The molecule has 0 unspecified atom stereocenters. The maximum atomic E-state index is 9.29. The number of phenolic OH excluding ortho intramolecular Hbond substituents is 1. The van der Waals surface area contributed by atoms with Gasteiger partial charge in [-0.1, -0.05) is 12.1 Å². The molecule has 2 aromatic carbocycles. The molecule has 0 fully saturated rings. The molecule has 0 aliphatic rings. The van der Waals surface area contributed by atoms with E-state index in [1.807, 2.05) is 50.2 Å². The van der Waals surface area contributed by atoms with Crippen molar-refractivity contribution in [2.24, 2.45) is 0 Å². The minimum absolute atomic E-state index is 0.252. The number of hydrogen-bond acceptors (Lipinski definition) is 3. The largest absolute Gasteiger partial charge is 0.508 e. The lowest BCUT2D eigenvalue weighted by atomic mass is 9.98. The summed E-state index contributed by atoms with van der Waals surface area (Å²) in [7, 11) is 0. The molecule has 0 atom stereocenters. The highest BCUT2D eigenvalue weighted by Crippen LogP contribution is 2.29. The summed E-state index contributed by atoms with van der Waals surface area (Å²) in [4.78, 5) is 0. The van der Waals surface area contributed by atoms with E-state index in [9.17, 15) is 5.11 Å². The molecule has 94 valence electrons. The highest BCUT2D eigenvalue weighted by Gasteiger charge is 2.22. The van der Waals surface area contributed by atoms with Crippen LogP contribution >= 0.6 is 0 Å². The fourth-order valence-electron chi connectivity index (χ4n) is 1.75. The SMILES string of the molecule is CC(C)(Oc1ccc(N)cc1)c1ccc(O)cc1. The summed E-state index contributed by atoms with van der Waals surface area (Å²) in [6.07, 6.45) is 0. The van der Waals surface area contributed by atoms with E-state index in [0.29, 0.717) is 5.69 Å². The van der Waals surface area contributed by atoms with E-state index in [0.717, 1.165) is 11.3 Å². The number of benzene rings is 2. The Morgan fingerprint density at radius 2 is 1.50 bits per heavy atom. The van der Waals surface area contributed by atoms with Crippen molar-refractivity contribution in [3.8, 4) is 11.5 Å². The van der Waals surface area contributed by atoms with Gasteiger partial charge >= 0.3 is 0 Å². The van der Waals surface area contributed by atoms with Crippen LogP contribution in [0.2, 0.25) is 0 Å². The number of rotatable bonds is 3. The first-order chi connectivity index (χ1) is 8.47. The van der Waals surface area contributed by atoms with Crippen molar-refractivity contribution in [1.29, 1.82) is 0 Å². The number of hydrogen-bond donors (Lipinski definition) is 2. The number of nitrogens with two attached hydrogens (primary N) is 1. The van der Waals surface area contributed by atoms with Gasteiger partial charge in [-0.2, -0.15) is 0 Å². The topological polar surface area (TPSA) is 55.5 Å². The number of anilines is 1. The lowest BCUT2D eigenvalue weighted by molar-refractivity contribution is 0.109. The second-order valence-corrected chi connectivity index (χ2v) is 4.73. The Hall–Kier alpha value is -2.16. The molecular formula is C15H17NO2. The zero-order chi connectivity index (χ0) is 13.2. The quantitative estimate of drug-likeness (QED) is 0.813. The first-order valence-electron chi connectivity index (χ1n) is 5.81. The Kier molecular flexibility index (Phi) is 3.15. The predicted molar refractivity (Wildman–Crippen MR) is 72.6 cm³/mol. The Bertz CT molecular complexity index is 515. The number of phenols is 1. The van der Waals surface area contributed by atoms with Gasteiger partial charge in [-0.05, 0) is 55.8 Å². The molecule has 0 saturated carbocycles. The van der Waals surface area contributed by atoms with Gasteiger partial charge in [0.25, 0.3) is 0 Å². The van der Waals surface area contributed by atoms with Gasteiger partial charge in [0.2, 0.25) is 0 Å². The zero-order valence-electron chi connectivity index (χ0n) is 10.6. The predicted octanol–water partition coefficient (Wildman–Crippen LogP) is 3.29. The van der Waals surface area contributed by atoms with Crippen LogP contribution in [-0.2, 0) is 5.60 Å². The molecular weight excluding hydrogens is 226 g/mol. The minimum atomic E-state index is -0.468. The van der Waals surface area contributed by atoms with Gasteiger partial charge in [0, 0.05) is 5.69 Å². The molecule has 3 nitrogen and oxygen atoms in total. The third-order valence-corrected chi connectivity index (χ3v) is 2.82. The third-order valence-electron chi connectivity index (χ3n) is 2.82. The summed E-state index contributed by atoms with van der Waals surface area (Å²) in [5.41, 5.74) is 6.88. The Morgan fingerprint density at radius 3 is 2.06 bits per heavy atom. The normalized spacial score (nSPS) is 11.2. The average molecular weight is 243 g/mol. The fraction of sp³-hybridized carbons (Fsp3) is 0.200. The monoisotopic (exact) mass is 243 g/mol. The maximum absolute atomic E-state index is 9.29. The molecule has 0 aliphatic carbocycles. The molecule has 18 heavy (non-hydrogen) atoms. The molecule has 3 N–H and O–H groups in total. The van der Waals surface area contributed by atoms with Crippen molar-refractivity contribution >= 4 is 5.69 Å². The minimum Gasteiger partial charge on any atom is -0.508 e. The Morgan fingerprint density at radius 1 is 0.944 bits per heavy atom. The van der Waals surface area contributed by atoms with Crippen LogP contribution < -0.4 is 10.5 Å². The number of nitrogen functional groups attached to an aromatic ring is 1. The molecule has 0 amide bonds. The molecule has 2 rings (SSSR count). The van der Waals surface area contributed by atoms with Gasteiger partial charge < -0.3 is 15.6 Å². The van der Waals surface area contributed by atoms with E-state index in [-0.39, 0.29) is 5.75 Å². The first-order valence-corrected chi connectivity index (χ1v) is 5.81. The van der Waals surface area contributed by atoms with Crippen LogP contribution in [-0.4, -0.2) is 5.11 Å². The Labute approximate surface area is 107 Å². The van der Waals surface area contributed by atoms with E-state index < -0.39 is 5.60 Å². The molecule has 0 bridgehead atoms. The standard InChI is InChI=1S/C15H17NO2/c1-15(2,11-3-7-13(17)8-4-11)18-14-9-5-12(16)6-10-14/h3-10,17H,16H2,1-2H3. The van der Waals surface area contributed by atoms with E-state index in [1.165, 1.54) is 0 Å². The zero-order valence-corrected chi connectivity index (χ0v) is 10.6. The summed E-state index contributed by atoms with van der Waals surface area (Å²) in [5, 5.41) is 9.29. The lowest BCUT2D eigenvalue weighted by Gasteiger charge is -2.27. The van der Waals surface area contributed by atoms with Crippen LogP contribution in [0.15, 0.2) is 48.5 Å². The van der Waals surface area contributed by atoms with E-state index in [2.05, 4.69) is 0 Å². The van der Waals surface area contributed by atoms with Crippen LogP contribution in [0.1, 0.15) is 19.4 Å². The van der Waals surface area contributed by atoms with Crippen LogP contribution in [0.5, 0.6) is 11.5 Å². The molecule has 0 heterocycles. The number of ether oxygens (including phenoxy) is 1. The van der Waals surface area contributed by atoms with Crippen molar-refractivity contribution in [2.45, 2.75) is 19.4 Å². The van der Waals surface area contributed by atoms with Gasteiger partial charge in [-0.15, -0.1) is 0 Å². The van der Waals surface area contributed by atoms with Crippen LogP contribution in [0.25, 0.3) is 0 Å². The lowest BCUT2D eigenvalue weighted by Crippen LogP contribution is -2.25. The molecule has 0 aromatic heterocycles. The van der Waals surface area contributed by atoms with Crippen molar-refractivity contribution in [2.75, 3.05) is 5.73 Å². The second-order valence-electron chi connectivity index (χ2n) is 4.73. The first kappa shape index (κ1) is 12.3. The van der Waals surface area contributed by atoms with Crippen molar-refractivity contribution in [3.63, 3.8) is 0 Å². The van der Waals surface area contributed by atoms with Gasteiger partial charge in [-0.25, -0.2) is 0 Å². The molecule has 0 spiro atoms. The summed E-state index contributed by atoms with van der Waals surface area (Å²) in [5.74, 6) is 1.02. The number of aromatic hydroxyl groups is 1. The summed E-state index contributed by atoms with van der Waals surface area (Å²) in [6.45, 7) is 3.96. The van der Waals surface area contributed by atoms with Crippen molar-refractivity contribution < 1.29 is 9.84 Å².